The molecule has 0 saturated carbocycles. The Morgan fingerprint density at radius 3 is 2.29 bits per heavy atom. The molecule has 1 atom stereocenters. The summed E-state index contributed by atoms with van der Waals surface area (Å²) in [5, 5.41) is 4.10. The maximum atomic E-state index is 6.15. The van der Waals surface area contributed by atoms with Crippen molar-refractivity contribution in [1.82, 2.24) is 5.32 Å². The van der Waals surface area contributed by atoms with E-state index in [0.29, 0.717) is 0 Å². The summed E-state index contributed by atoms with van der Waals surface area (Å²) in [5.74, 6) is 0.943. The van der Waals surface area contributed by atoms with Crippen LogP contribution in [-0.4, -0.2) is 14.2 Å². The van der Waals surface area contributed by atoms with Crippen molar-refractivity contribution in [2.24, 2.45) is 0 Å². The van der Waals surface area contributed by atoms with Crippen LogP contribution in [0.15, 0.2) is 34.8 Å². The van der Waals surface area contributed by atoms with Gasteiger partial charge in [0, 0.05) is 9.50 Å². The van der Waals surface area contributed by atoms with Gasteiger partial charge in [0.1, 0.15) is 5.75 Å². The van der Waals surface area contributed by atoms with E-state index in [1.54, 1.807) is 7.11 Å². The average Bonchev–Trinajstić information content (AvgIpc) is 2.43. The number of benzene rings is 2. The van der Waals surface area contributed by atoms with Crippen molar-refractivity contribution in [1.29, 1.82) is 0 Å². The highest BCUT2D eigenvalue weighted by Crippen LogP contribution is 2.34. The first-order valence-corrected chi connectivity index (χ1v) is 7.92. The topological polar surface area (TPSA) is 21.3 Å². The van der Waals surface area contributed by atoms with Crippen LogP contribution in [0.1, 0.15) is 28.3 Å². The van der Waals surface area contributed by atoms with Gasteiger partial charge in [0.25, 0.3) is 0 Å². The van der Waals surface area contributed by atoms with Gasteiger partial charge in [0.2, 0.25) is 0 Å². The summed E-state index contributed by atoms with van der Waals surface area (Å²) in [4.78, 5) is 0. The lowest BCUT2D eigenvalue weighted by Gasteiger charge is -2.21. The first kappa shape index (κ1) is 16.3. The van der Waals surface area contributed by atoms with Crippen LogP contribution in [0, 0.1) is 13.8 Å². The molecule has 0 saturated heterocycles. The van der Waals surface area contributed by atoms with Crippen LogP contribution in [0.2, 0.25) is 5.02 Å². The van der Waals surface area contributed by atoms with Crippen LogP contribution < -0.4 is 10.1 Å². The lowest BCUT2D eigenvalue weighted by Crippen LogP contribution is -2.18. The summed E-state index contributed by atoms with van der Waals surface area (Å²) in [5.41, 5.74) is 4.57. The normalized spacial score (nSPS) is 12.3. The van der Waals surface area contributed by atoms with Gasteiger partial charge in [-0.3, -0.25) is 0 Å². The average molecular weight is 369 g/mol. The Morgan fingerprint density at radius 1 is 1.14 bits per heavy atom. The van der Waals surface area contributed by atoms with E-state index in [2.05, 4.69) is 47.2 Å². The third-order valence-electron chi connectivity index (χ3n) is 3.58. The van der Waals surface area contributed by atoms with Crippen LogP contribution in [0.25, 0.3) is 0 Å². The lowest BCUT2D eigenvalue weighted by atomic mass is 9.95. The Morgan fingerprint density at radius 2 is 1.76 bits per heavy atom. The van der Waals surface area contributed by atoms with Gasteiger partial charge in [0.15, 0.2) is 0 Å². The number of ether oxygens (including phenoxy) is 1. The molecular formula is C17H19BrClNO. The molecule has 0 aliphatic carbocycles. The first-order chi connectivity index (χ1) is 9.97. The number of hydrogen-bond acceptors (Lipinski definition) is 2. The molecule has 2 rings (SSSR count). The van der Waals surface area contributed by atoms with Crippen LogP contribution in [-0.2, 0) is 0 Å². The molecule has 0 aliphatic rings. The van der Waals surface area contributed by atoms with Gasteiger partial charge in [0.05, 0.1) is 13.2 Å². The summed E-state index contributed by atoms with van der Waals surface area (Å²) in [6.45, 7) is 4.13. The van der Waals surface area contributed by atoms with Crippen molar-refractivity contribution in [3.05, 3.63) is 62.1 Å². The van der Waals surface area contributed by atoms with E-state index in [1.807, 2.05) is 25.2 Å². The zero-order valence-corrected chi connectivity index (χ0v) is 15.0. The zero-order valence-electron chi connectivity index (χ0n) is 12.6. The molecule has 2 aromatic carbocycles. The molecule has 2 nitrogen and oxygen atoms in total. The monoisotopic (exact) mass is 367 g/mol. The Bertz CT molecular complexity index is 634. The predicted molar refractivity (Wildman–Crippen MR) is 92.5 cm³/mol. The van der Waals surface area contributed by atoms with Crippen molar-refractivity contribution < 1.29 is 4.74 Å². The zero-order chi connectivity index (χ0) is 15.6. The van der Waals surface area contributed by atoms with E-state index in [9.17, 15) is 0 Å². The van der Waals surface area contributed by atoms with E-state index in [4.69, 9.17) is 16.3 Å². The Hall–Kier alpha value is -1.03. The highest BCUT2D eigenvalue weighted by atomic mass is 79.9. The van der Waals surface area contributed by atoms with Crippen molar-refractivity contribution in [3.63, 3.8) is 0 Å². The molecule has 0 fully saturated rings. The Kier molecular flexibility index (Phi) is 5.31. The molecular weight excluding hydrogens is 350 g/mol. The third kappa shape index (κ3) is 3.42. The Balaban J connectivity index is 2.54. The van der Waals surface area contributed by atoms with Gasteiger partial charge in [-0.05, 0) is 61.3 Å². The molecule has 2 aromatic rings. The van der Waals surface area contributed by atoms with Gasteiger partial charge in [-0.2, -0.15) is 0 Å². The van der Waals surface area contributed by atoms with Gasteiger partial charge in [-0.1, -0.05) is 39.7 Å². The van der Waals surface area contributed by atoms with Crippen LogP contribution in [0.5, 0.6) is 5.75 Å². The molecule has 0 radical (unpaired) electrons. The number of halogens is 2. The quantitative estimate of drug-likeness (QED) is 0.816. The minimum absolute atomic E-state index is 0.0707. The fourth-order valence-electron chi connectivity index (χ4n) is 2.71. The van der Waals surface area contributed by atoms with E-state index in [-0.39, 0.29) is 6.04 Å². The summed E-state index contributed by atoms with van der Waals surface area (Å²) >= 11 is 9.76. The van der Waals surface area contributed by atoms with E-state index in [1.165, 1.54) is 5.56 Å². The molecule has 1 unspecified atom stereocenters. The summed E-state index contributed by atoms with van der Waals surface area (Å²) in [7, 11) is 3.66. The van der Waals surface area contributed by atoms with E-state index < -0.39 is 0 Å². The number of methoxy groups -OCH3 is 1. The standard InChI is InChI=1S/C17H19BrClNO/c1-10-7-12(8-11(2)17(10)21-4)16(20-3)14-9-13(19)5-6-15(14)18/h5-9,16,20H,1-4H3. The first-order valence-electron chi connectivity index (χ1n) is 6.75. The lowest BCUT2D eigenvalue weighted by molar-refractivity contribution is 0.408. The molecule has 0 spiro atoms. The summed E-state index contributed by atoms with van der Waals surface area (Å²) in [6.07, 6.45) is 0. The molecule has 4 heteroatoms. The maximum Gasteiger partial charge on any atom is 0.124 e. The molecule has 21 heavy (non-hydrogen) atoms. The van der Waals surface area contributed by atoms with Crippen molar-refractivity contribution in [3.8, 4) is 5.75 Å². The van der Waals surface area contributed by atoms with Crippen molar-refractivity contribution in [2.75, 3.05) is 14.2 Å². The van der Waals surface area contributed by atoms with Crippen LogP contribution >= 0.6 is 27.5 Å². The van der Waals surface area contributed by atoms with E-state index in [0.717, 1.165) is 31.9 Å². The van der Waals surface area contributed by atoms with Crippen LogP contribution in [0.3, 0.4) is 0 Å². The predicted octanol–water partition coefficient (Wildman–Crippen LogP) is 5.04. The van der Waals surface area contributed by atoms with Crippen molar-refractivity contribution >= 4 is 27.5 Å². The molecule has 0 bridgehead atoms. The van der Waals surface area contributed by atoms with Gasteiger partial charge >= 0.3 is 0 Å². The second-order valence-corrected chi connectivity index (χ2v) is 6.37. The highest BCUT2D eigenvalue weighted by molar-refractivity contribution is 9.10. The van der Waals surface area contributed by atoms with E-state index >= 15 is 0 Å². The third-order valence-corrected chi connectivity index (χ3v) is 4.54. The largest absolute Gasteiger partial charge is 0.496 e. The molecule has 0 heterocycles. The molecule has 0 amide bonds. The second kappa shape index (κ2) is 6.82. The van der Waals surface area contributed by atoms with Crippen molar-refractivity contribution in [2.45, 2.75) is 19.9 Å². The fraction of sp³-hybridized carbons (Fsp3) is 0.294. The Labute approximate surface area is 139 Å². The SMILES string of the molecule is CNC(c1cc(C)c(OC)c(C)c1)c1cc(Cl)ccc1Br. The number of rotatable bonds is 4. The van der Waals surface area contributed by atoms with Gasteiger partial charge < -0.3 is 10.1 Å². The van der Waals surface area contributed by atoms with Crippen LogP contribution in [0.4, 0.5) is 0 Å². The number of hydrogen-bond donors (Lipinski definition) is 1. The number of aryl methyl sites for hydroxylation is 2. The highest BCUT2D eigenvalue weighted by Gasteiger charge is 2.17. The second-order valence-electron chi connectivity index (χ2n) is 5.08. The molecule has 1 N–H and O–H groups in total. The molecule has 0 aromatic heterocycles. The molecule has 0 aliphatic heterocycles. The fourth-order valence-corrected chi connectivity index (χ4v) is 3.37. The summed E-state index contributed by atoms with van der Waals surface area (Å²) < 4.78 is 6.48. The van der Waals surface area contributed by atoms with Gasteiger partial charge in [-0.15, -0.1) is 0 Å². The number of nitrogens with one attached hydrogen (secondary N) is 1. The smallest absolute Gasteiger partial charge is 0.124 e. The maximum absolute atomic E-state index is 6.15. The summed E-state index contributed by atoms with van der Waals surface area (Å²) in [6, 6.07) is 10.2. The minimum atomic E-state index is 0.0707. The minimum Gasteiger partial charge on any atom is -0.496 e. The van der Waals surface area contributed by atoms with Gasteiger partial charge in [-0.25, -0.2) is 0 Å². The molecule has 112 valence electrons.